The highest BCUT2D eigenvalue weighted by Crippen LogP contribution is 2.30. The van der Waals surface area contributed by atoms with Gasteiger partial charge in [0.2, 0.25) is 0 Å². The average Bonchev–Trinajstić information content (AvgIpc) is 3.03. The summed E-state index contributed by atoms with van der Waals surface area (Å²) in [6.07, 6.45) is 10.3. The molecule has 0 aliphatic heterocycles. The molecule has 0 aromatic carbocycles. The molecule has 2 fully saturated rings. The summed E-state index contributed by atoms with van der Waals surface area (Å²) >= 11 is 1.44. The number of urea groups is 1. The highest BCUT2D eigenvalue weighted by molar-refractivity contribution is 7.13. The first-order chi connectivity index (χ1) is 10.7. The number of carbonyl (C=O) groups excluding carboxylic acids is 2. The number of rotatable bonds is 3. The van der Waals surface area contributed by atoms with E-state index in [2.05, 4.69) is 10.3 Å². The van der Waals surface area contributed by atoms with Gasteiger partial charge in [-0.15, -0.1) is 11.3 Å². The van der Waals surface area contributed by atoms with Crippen LogP contribution in [0, 0.1) is 0 Å². The minimum atomic E-state index is -0.0406. The number of carbonyl (C=O) groups is 2. The van der Waals surface area contributed by atoms with Gasteiger partial charge in [-0.2, -0.15) is 0 Å². The van der Waals surface area contributed by atoms with E-state index in [0.717, 1.165) is 25.7 Å². The molecule has 0 radical (unpaired) electrons. The largest absolute Gasteiger partial charge is 0.324 e. The Morgan fingerprint density at radius 3 is 2.45 bits per heavy atom. The highest BCUT2D eigenvalue weighted by atomic mass is 32.1. The Hall–Kier alpha value is -1.43. The third-order valence-corrected chi connectivity index (χ3v) is 5.44. The van der Waals surface area contributed by atoms with Gasteiger partial charge in [-0.3, -0.25) is 10.1 Å². The molecule has 1 N–H and O–H groups in total. The van der Waals surface area contributed by atoms with Crippen molar-refractivity contribution in [3.63, 3.8) is 0 Å². The fourth-order valence-corrected chi connectivity index (χ4v) is 4.15. The van der Waals surface area contributed by atoms with Gasteiger partial charge in [-0.1, -0.05) is 19.3 Å². The van der Waals surface area contributed by atoms with Gasteiger partial charge < -0.3 is 4.90 Å². The molecule has 1 heterocycles. The Balaban J connectivity index is 1.72. The minimum absolute atomic E-state index is 0.0406. The zero-order valence-corrected chi connectivity index (χ0v) is 13.6. The number of nitrogens with one attached hydrogen (secondary N) is 1. The quantitative estimate of drug-likeness (QED) is 0.920. The van der Waals surface area contributed by atoms with Gasteiger partial charge >= 0.3 is 6.03 Å². The molecule has 2 amide bonds. The molecule has 0 bridgehead atoms. The molecule has 0 spiro atoms. The van der Waals surface area contributed by atoms with E-state index >= 15 is 0 Å². The topological polar surface area (TPSA) is 62.3 Å². The lowest BCUT2D eigenvalue weighted by molar-refractivity contribution is -0.121. The molecule has 1 aromatic heterocycles. The van der Waals surface area contributed by atoms with Crippen molar-refractivity contribution in [2.24, 2.45) is 0 Å². The first kappa shape index (κ1) is 15.5. The summed E-state index contributed by atoms with van der Waals surface area (Å²) in [5.74, 6) is 0.333. The van der Waals surface area contributed by atoms with Crippen molar-refractivity contribution in [1.82, 2.24) is 9.88 Å². The van der Waals surface area contributed by atoms with Crippen LogP contribution in [0.15, 0.2) is 11.6 Å². The van der Waals surface area contributed by atoms with Gasteiger partial charge in [0.25, 0.3) is 0 Å². The van der Waals surface area contributed by atoms with Crippen molar-refractivity contribution in [3.8, 4) is 0 Å². The van der Waals surface area contributed by atoms with Crippen molar-refractivity contribution in [1.29, 1.82) is 0 Å². The van der Waals surface area contributed by atoms with Crippen LogP contribution < -0.4 is 5.32 Å². The van der Waals surface area contributed by atoms with E-state index in [1.54, 1.807) is 6.20 Å². The van der Waals surface area contributed by atoms with Crippen LogP contribution in [0.2, 0.25) is 0 Å². The molecule has 6 heteroatoms. The SMILES string of the molecule is O=C1CCC(N(C(=O)Nc2nccs2)C2CCCCC2)CC1. The van der Waals surface area contributed by atoms with E-state index in [9.17, 15) is 9.59 Å². The van der Waals surface area contributed by atoms with Crippen LogP contribution in [0.1, 0.15) is 57.8 Å². The maximum absolute atomic E-state index is 12.8. The first-order valence-electron chi connectivity index (χ1n) is 8.24. The minimum Gasteiger partial charge on any atom is -0.318 e. The molecular formula is C16H23N3O2S. The smallest absolute Gasteiger partial charge is 0.318 e. The Labute approximate surface area is 135 Å². The van der Waals surface area contributed by atoms with Crippen molar-refractivity contribution in [2.75, 3.05) is 5.32 Å². The summed E-state index contributed by atoms with van der Waals surface area (Å²) in [7, 11) is 0. The van der Waals surface area contributed by atoms with Crippen LogP contribution in [0.4, 0.5) is 9.93 Å². The van der Waals surface area contributed by atoms with Crippen LogP contribution in [0.3, 0.4) is 0 Å². The molecule has 1 aromatic rings. The molecule has 2 aliphatic carbocycles. The lowest BCUT2D eigenvalue weighted by Gasteiger charge is -2.41. The van der Waals surface area contributed by atoms with Gasteiger partial charge in [0, 0.05) is 36.5 Å². The Bertz CT molecular complexity index is 501. The van der Waals surface area contributed by atoms with Crippen molar-refractivity contribution < 1.29 is 9.59 Å². The Morgan fingerprint density at radius 1 is 1.14 bits per heavy atom. The van der Waals surface area contributed by atoms with E-state index in [1.807, 2.05) is 10.3 Å². The van der Waals surface area contributed by atoms with Gasteiger partial charge in [0.1, 0.15) is 5.78 Å². The van der Waals surface area contributed by atoms with Gasteiger partial charge in [0.15, 0.2) is 5.13 Å². The van der Waals surface area contributed by atoms with Gasteiger partial charge in [-0.05, 0) is 25.7 Å². The second-order valence-corrected chi connectivity index (χ2v) is 7.13. The third-order valence-electron chi connectivity index (χ3n) is 4.75. The third kappa shape index (κ3) is 3.66. The standard InChI is InChI=1S/C16H23N3O2S/c20-14-8-6-13(7-9-14)19(12-4-2-1-3-5-12)16(21)18-15-17-10-11-22-15/h10-13H,1-9H2,(H,17,18,21). The molecule has 3 rings (SSSR count). The number of anilines is 1. The summed E-state index contributed by atoms with van der Waals surface area (Å²) in [5, 5.41) is 5.45. The van der Waals surface area contributed by atoms with Crippen LogP contribution >= 0.6 is 11.3 Å². The van der Waals surface area contributed by atoms with Gasteiger partial charge in [0.05, 0.1) is 0 Å². The number of nitrogens with zero attached hydrogens (tertiary/aromatic N) is 2. The fourth-order valence-electron chi connectivity index (χ4n) is 3.63. The maximum Gasteiger partial charge on any atom is 0.324 e. The maximum atomic E-state index is 12.8. The first-order valence-corrected chi connectivity index (χ1v) is 9.12. The van der Waals surface area contributed by atoms with Gasteiger partial charge in [-0.25, -0.2) is 9.78 Å². The molecule has 2 aliphatic rings. The lowest BCUT2D eigenvalue weighted by Crippen LogP contribution is -2.51. The zero-order valence-electron chi connectivity index (χ0n) is 12.8. The lowest BCUT2D eigenvalue weighted by atomic mass is 9.88. The van der Waals surface area contributed by atoms with E-state index in [0.29, 0.717) is 29.8 Å². The Morgan fingerprint density at radius 2 is 1.82 bits per heavy atom. The van der Waals surface area contributed by atoms with Crippen LogP contribution in [-0.2, 0) is 4.79 Å². The summed E-state index contributed by atoms with van der Waals surface area (Å²) in [6.45, 7) is 0. The number of amides is 2. The van der Waals surface area contributed by atoms with Crippen LogP contribution in [0.25, 0.3) is 0 Å². The predicted octanol–water partition coefficient (Wildman–Crippen LogP) is 3.82. The molecule has 22 heavy (non-hydrogen) atoms. The predicted molar refractivity (Wildman–Crippen MR) is 87.1 cm³/mol. The monoisotopic (exact) mass is 321 g/mol. The summed E-state index contributed by atoms with van der Waals surface area (Å²) in [6, 6.07) is 0.467. The summed E-state index contributed by atoms with van der Waals surface area (Å²) in [5.41, 5.74) is 0. The zero-order chi connectivity index (χ0) is 15.4. The molecule has 0 unspecified atom stereocenters. The molecule has 120 valence electrons. The number of thiazole rings is 1. The highest BCUT2D eigenvalue weighted by Gasteiger charge is 2.34. The normalized spacial score (nSPS) is 20.8. The second kappa shape index (κ2) is 7.22. The molecular weight excluding hydrogens is 298 g/mol. The van der Waals surface area contributed by atoms with Crippen molar-refractivity contribution >= 4 is 28.3 Å². The molecule has 5 nitrogen and oxygen atoms in total. The molecule has 0 atom stereocenters. The number of aromatic nitrogens is 1. The fraction of sp³-hybridized carbons (Fsp3) is 0.688. The van der Waals surface area contributed by atoms with E-state index in [-0.39, 0.29) is 12.1 Å². The van der Waals surface area contributed by atoms with Crippen molar-refractivity contribution in [3.05, 3.63) is 11.6 Å². The molecule has 2 saturated carbocycles. The van der Waals surface area contributed by atoms with Crippen LogP contribution in [-0.4, -0.2) is 33.8 Å². The van der Waals surface area contributed by atoms with Crippen molar-refractivity contribution in [2.45, 2.75) is 69.9 Å². The van der Waals surface area contributed by atoms with E-state index in [1.165, 1.54) is 30.6 Å². The molecule has 0 saturated heterocycles. The number of hydrogen-bond donors (Lipinski definition) is 1. The number of ketones is 1. The Kier molecular flexibility index (Phi) is 5.08. The van der Waals surface area contributed by atoms with Crippen LogP contribution in [0.5, 0.6) is 0 Å². The average molecular weight is 321 g/mol. The second-order valence-electron chi connectivity index (χ2n) is 6.24. The van der Waals surface area contributed by atoms with E-state index < -0.39 is 0 Å². The van der Waals surface area contributed by atoms with E-state index in [4.69, 9.17) is 0 Å². The number of hydrogen-bond acceptors (Lipinski definition) is 4. The summed E-state index contributed by atoms with van der Waals surface area (Å²) in [4.78, 5) is 30.5. The summed E-state index contributed by atoms with van der Waals surface area (Å²) < 4.78 is 0. The number of Topliss-reactive ketones (excluding diaryl/α,β-unsaturated/α-hetero) is 1.